The molecule has 0 saturated heterocycles. The van der Waals surface area contributed by atoms with Crippen molar-refractivity contribution in [3.05, 3.63) is 363 Å². The Morgan fingerprint density at radius 3 is 0.745 bits per heavy atom. The fraction of sp³-hybridized carbons (Fsp3) is 0. The summed E-state index contributed by atoms with van der Waals surface area (Å²) in [6.45, 7) is 0.475. The van der Waals surface area contributed by atoms with Gasteiger partial charge in [-0.05, 0) is 117 Å². The molecule has 6 nitrogen and oxygen atoms in total. The number of nitrogens with zero attached hydrogens (tertiary/aromatic N) is 6. The summed E-state index contributed by atoms with van der Waals surface area (Å²) in [6, 6.07) is 132. The molecule has 0 radical (unpaired) electrons. The second-order valence-electron chi connectivity index (χ2n) is 28.8. The van der Waals surface area contributed by atoms with E-state index in [-0.39, 0.29) is 20.1 Å². The summed E-state index contributed by atoms with van der Waals surface area (Å²) in [4.78, 5) is 4.73. The third-order valence-electron chi connectivity index (χ3n) is 23.5. The minimum absolute atomic E-state index is 0.112. The Morgan fingerprint density at radius 2 is 0.434 bits per heavy atom. The molecule has 25 rings (SSSR count). The van der Waals surface area contributed by atoms with Crippen molar-refractivity contribution in [3.8, 4) is 6.07 Å². The van der Waals surface area contributed by atoms with Crippen LogP contribution in [0.2, 0.25) is 0 Å². The number of aromatic nitrogens is 3. The van der Waals surface area contributed by atoms with E-state index in [0.717, 1.165) is 28.4 Å². The highest BCUT2D eigenvalue weighted by atomic mass is 15.1. The number of hydrogen-bond donors (Lipinski definition) is 0. The van der Waals surface area contributed by atoms with Gasteiger partial charge in [-0.15, -0.1) is 0 Å². The van der Waals surface area contributed by atoms with Gasteiger partial charge in [0.2, 0.25) is 20.1 Å². The standard InChI is InChI=1S/2C36H23BN2.C25H13BN2/c1-3-10-25(11-4-1)38(26-12-5-2-6-13-26)27-22-20-24(21-23-27)37-32-18-8-16-30-28-14-7-15-29-31-17-9-19-33(37)36(31)39(34(28)29)35(30)32;1-3-12-24(13-4-1)38(25-14-5-2-6-15-25)33-23-8-7-20-30(33)37-31-21-10-18-28-26-16-9-17-27-29-19-11-22-32(37)36(29)39(34(26)27)35(28)31;27-14-15-10-12-16(13-11-15)26-21-8-2-6-19-17-4-1-5-18-20-7-3-9-22(26)25(20)28(23(17)18)24(19)21/h2*1-23H;1-13H. The van der Waals surface area contributed by atoms with Crippen LogP contribution in [0.25, 0.3) is 114 Å². The van der Waals surface area contributed by atoms with Gasteiger partial charge >= 0.3 is 0 Å². The summed E-state index contributed by atoms with van der Waals surface area (Å²) >= 11 is 0. The zero-order chi connectivity index (χ0) is 69.4. The molecule has 22 aromatic rings. The van der Waals surface area contributed by atoms with Crippen LogP contribution in [0.3, 0.4) is 0 Å². The first-order valence-corrected chi connectivity index (χ1v) is 36.7. The van der Waals surface area contributed by atoms with Crippen molar-refractivity contribution in [1.29, 1.82) is 5.26 Å². The predicted octanol–water partition coefficient (Wildman–Crippen LogP) is 17.8. The van der Waals surface area contributed by atoms with E-state index in [1.165, 1.54) is 169 Å². The first-order valence-electron chi connectivity index (χ1n) is 36.7. The average Bonchev–Trinajstić information content (AvgIpc) is 1.52. The number of anilines is 6. The van der Waals surface area contributed by atoms with Crippen molar-refractivity contribution < 1.29 is 0 Å². The van der Waals surface area contributed by atoms with E-state index in [9.17, 15) is 5.26 Å². The van der Waals surface area contributed by atoms with Gasteiger partial charge in [-0.1, -0.05) is 290 Å². The zero-order valence-electron chi connectivity index (χ0n) is 57.5. The maximum atomic E-state index is 9.19. The molecule has 0 saturated carbocycles. The van der Waals surface area contributed by atoms with Crippen LogP contribution in [-0.4, -0.2) is 33.3 Å². The van der Waals surface area contributed by atoms with Gasteiger partial charge in [0, 0.05) is 132 Å². The van der Waals surface area contributed by atoms with Gasteiger partial charge in [-0.3, -0.25) is 0 Å². The second-order valence-corrected chi connectivity index (χ2v) is 28.8. The monoisotopic (exact) mass is 1340 g/mol. The summed E-state index contributed by atoms with van der Waals surface area (Å²) in [5, 5.41) is 25.3. The van der Waals surface area contributed by atoms with Crippen LogP contribution in [-0.2, 0) is 0 Å². The molecule has 0 aliphatic carbocycles. The van der Waals surface area contributed by atoms with E-state index in [1.54, 1.807) is 0 Å². The molecule has 0 spiro atoms. The van der Waals surface area contributed by atoms with E-state index in [0.29, 0.717) is 5.56 Å². The zero-order valence-corrected chi connectivity index (χ0v) is 57.5. The number of hydrogen-bond acceptors (Lipinski definition) is 3. The fourth-order valence-corrected chi connectivity index (χ4v) is 19.5. The Bertz CT molecular complexity index is 7010. The Balaban J connectivity index is 0.0000000981. The second kappa shape index (κ2) is 22.6. The van der Waals surface area contributed by atoms with Gasteiger partial charge in [-0.2, -0.15) is 5.26 Å². The molecule has 106 heavy (non-hydrogen) atoms. The van der Waals surface area contributed by atoms with E-state index in [1.807, 2.05) is 12.1 Å². The molecule has 0 bridgehead atoms. The minimum atomic E-state index is 0.112. The SMILES string of the molecule is N#Cc1ccc(B2c3cccc4c5cccc6c7cccc2c7n(c34)c56)cc1.c1ccc(N(c2ccccc2)c2ccc(B3c4cccc5c6cccc7c8cccc3c8n(c45)c67)cc2)cc1.c1ccc(N(c2ccccc2)c2ccccc2B2c3cccc4c5cccc6c7cccc2c7n(c34)c56)cc1. The van der Waals surface area contributed by atoms with E-state index >= 15 is 0 Å². The van der Waals surface area contributed by atoms with Crippen LogP contribution < -0.4 is 59.0 Å². The molecule has 3 aliphatic rings. The number of rotatable bonds is 9. The Kier molecular flexibility index (Phi) is 12.5. The summed E-state index contributed by atoms with van der Waals surface area (Å²) in [7, 11) is 0. The third kappa shape index (κ3) is 8.13. The molecule has 9 heterocycles. The van der Waals surface area contributed by atoms with E-state index < -0.39 is 0 Å². The van der Waals surface area contributed by atoms with Gasteiger partial charge in [0.05, 0.1) is 28.2 Å². The molecular weight excluding hydrogens is 1280 g/mol. The molecule has 0 N–H and O–H groups in total. The van der Waals surface area contributed by atoms with Gasteiger partial charge in [0.1, 0.15) is 0 Å². The fourth-order valence-electron chi connectivity index (χ4n) is 19.5. The maximum Gasteiger partial charge on any atom is 0.249 e. The smallest absolute Gasteiger partial charge is 0.249 e. The highest BCUT2D eigenvalue weighted by molar-refractivity contribution is 7.00. The predicted molar refractivity (Wildman–Crippen MR) is 451 cm³/mol. The van der Waals surface area contributed by atoms with Crippen LogP contribution >= 0.6 is 0 Å². The summed E-state index contributed by atoms with van der Waals surface area (Å²) in [6.07, 6.45) is 0. The van der Waals surface area contributed by atoms with E-state index in [4.69, 9.17) is 0 Å². The van der Waals surface area contributed by atoms with Crippen molar-refractivity contribution in [1.82, 2.24) is 13.2 Å². The van der Waals surface area contributed by atoms with Crippen LogP contribution in [0.15, 0.2) is 358 Å². The number of nitriles is 1. The van der Waals surface area contributed by atoms with Crippen LogP contribution in [0, 0.1) is 11.3 Å². The molecule has 0 unspecified atom stereocenters. The summed E-state index contributed by atoms with van der Waals surface area (Å²) in [5.74, 6) is 0. The molecular formula is C97H59B3N6. The molecule has 3 aliphatic heterocycles. The minimum Gasteiger partial charge on any atom is -0.311 e. The largest absolute Gasteiger partial charge is 0.311 e. The molecule has 16 aromatic carbocycles. The first-order chi connectivity index (χ1) is 52.6. The Labute approximate surface area is 611 Å². The molecule has 0 amide bonds. The average molecular weight is 1340 g/mol. The third-order valence-corrected chi connectivity index (χ3v) is 23.5. The highest BCUT2D eigenvalue weighted by Crippen LogP contribution is 2.44. The van der Waals surface area contributed by atoms with Gasteiger partial charge in [0.15, 0.2) is 0 Å². The van der Waals surface area contributed by atoms with Crippen molar-refractivity contribution in [2.45, 2.75) is 0 Å². The summed E-state index contributed by atoms with van der Waals surface area (Å²) in [5.41, 5.74) is 31.9. The van der Waals surface area contributed by atoms with Crippen molar-refractivity contribution in [2.75, 3.05) is 9.80 Å². The summed E-state index contributed by atoms with van der Waals surface area (Å²) < 4.78 is 7.57. The maximum absolute atomic E-state index is 9.19. The first kappa shape index (κ1) is 58.8. The lowest BCUT2D eigenvalue weighted by Crippen LogP contribution is -2.55. The van der Waals surface area contributed by atoms with Gasteiger partial charge < -0.3 is 23.0 Å². The Morgan fingerprint density at radius 1 is 0.198 bits per heavy atom. The highest BCUT2D eigenvalue weighted by Gasteiger charge is 2.39. The lowest BCUT2D eigenvalue weighted by atomic mass is 9.35. The normalized spacial score (nSPS) is 12.7. The van der Waals surface area contributed by atoms with Crippen LogP contribution in [0.5, 0.6) is 0 Å². The van der Waals surface area contributed by atoms with Crippen molar-refractivity contribution in [2.24, 2.45) is 0 Å². The number of benzene rings is 16. The lowest BCUT2D eigenvalue weighted by molar-refractivity contribution is 1.28. The number of fused-ring (bicyclic) bond motifs is 6. The van der Waals surface area contributed by atoms with Crippen LogP contribution in [0.4, 0.5) is 34.1 Å². The Hall–Kier alpha value is -13.8. The van der Waals surface area contributed by atoms with Crippen molar-refractivity contribution >= 4 is 218 Å². The van der Waals surface area contributed by atoms with Gasteiger partial charge in [0.25, 0.3) is 0 Å². The number of para-hydroxylation sites is 14. The van der Waals surface area contributed by atoms with Gasteiger partial charge in [-0.25, -0.2) is 0 Å². The molecule has 0 atom stereocenters. The lowest BCUT2D eigenvalue weighted by Gasteiger charge is -2.31. The quantitative estimate of drug-likeness (QED) is 0.135. The molecule has 6 aromatic heterocycles. The van der Waals surface area contributed by atoms with Crippen LogP contribution in [0.1, 0.15) is 5.56 Å². The molecule has 0 fully saturated rings. The van der Waals surface area contributed by atoms with E-state index in [2.05, 4.69) is 375 Å². The van der Waals surface area contributed by atoms with Crippen molar-refractivity contribution in [3.63, 3.8) is 0 Å². The topological polar surface area (TPSA) is 43.5 Å². The molecule has 9 heteroatoms. The molecule has 486 valence electrons.